The Hall–Kier alpha value is -1.63. The summed E-state index contributed by atoms with van der Waals surface area (Å²) in [5.41, 5.74) is 0.895. The van der Waals surface area contributed by atoms with Crippen LogP contribution in [0.3, 0.4) is 0 Å². The van der Waals surface area contributed by atoms with E-state index in [0.717, 1.165) is 28.4 Å². The normalized spacial score (nSPS) is 13.5. The summed E-state index contributed by atoms with van der Waals surface area (Å²) in [5, 5.41) is 15.3. The number of hydrogen-bond acceptors (Lipinski definition) is 4. The number of thiazole rings is 1. The zero-order valence-corrected chi connectivity index (χ0v) is 13.7. The highest BCUT2D eigenvalue weighted by Crippen LogP contribution is 2.24. The van der Waals surface area contributed by atoms with E-state index in [-0.39, 0.29) is 6.04 Å². The van der Waals surface area contributed by atoms with Gasteiger partial charge in [0.05, 0.1) is 16.7 Å². The second-order valence-corrected chi connectivity index (χ2v) is 6.29. The lowest BCUT2D eigenvalue weighted by molar-refractivity contribution is -0.139. The van der Waals surface area contributed by atoms with Crippen molar-refractivity contribution >= 4 is 23.3 Å². The van der Waals surface area contributed by atoms with Crippen LogP contribution >= 0.6 is 11.3 Å². The molecule has 3 N–H and O–H groups in total. The molecule has 2 atom stereocenters. The molecule has 1 aromatic heterocycles. The Kier molecular flexibility index (Phi) is 6.61. The Morgan fingerprint density at radius 2 is 2.00 bits per heavy atom. The number of carbonyl (C=O) groups is 2. The number of aryl methyl sites for hydroxylation is 2. The lowest BCUT2D eigenvalue weighted by atomic mass is 10.1. The summed E-state index contributed by atoms with van der Waals surface area (Å²) < 4.78 is 0. The van der Waals surface area contributed by atoms with Crippen LogP contribution in [0.15, 0.2) is 0 Å². The minimum Gasteiger partial charge on any atom is -0.480 e. The summed E-state index contributed by atoms with van der Waals surface area (Å²) in [7, 11) is 0. The van der Waals surface area contributed by atoms with Crippen molar-refractivity contribution in [1.82, 2.24) is 15.6 Å². The van der Waals surface area contributed by atoms with E-state index in [1.807, 2.05) is 27.7 Å². The number of urea groups is 1. The van der Waals surface area contributed by atoms with Gasteiger partial charge in [0.15, 0.2) is 0 Å². The van der Waals surface area contributed by atoms with Gasteiger partial charge in [-0.15, -0.1) is 11.3 Å². The topological polar surface area (TPSA) is 91.3 Å². The zero-order chi connectivity index (χ0) is 16.0. The number of carboxylic acid groups (broad SMARTS) is 1. The van der Waals surface area contributed by atoms with Crippen molar-refractivity contribution in [1.29, 1.82) is 0 Å². The first kappa shape index (κ1) is 17.4. The third kappa shape index (κ3) is 5.34. The van der Waals surface area contributed by atoms with E-state index in [9.17, 15) is 9.59 Å². The van der Waals surface area contributed by atoms with Gasteiger partial charge >= 0.3 is 12.0 Å². The maximum atomic E-state index is 11.9. The molecule has 118 valence electrons. The number of amides is 2. The first-order chi connectivity index (χ1) is 9.85. The fourth-order valence-corrected chi connectivity index (χ4v) is 3.01. The van der Waals surface area contributed by atoms with E-state index in [4.69, 9.17) is 5.11 Å². The Morgan fingerprint density at radius 3 is 2.48 bits per heavy atom. The largest absolute Gasteiger partial charge is 0.480 e. The van der Waals surface area contributed by atoms with Gasteiger partial charge in [-0.2, -0.15) is 0 Å². The molecule has 0 aliphatic rings. The number of carbonyl (C=O) groups excluding carboxylic acids is 1. The summed E-state index contributed by atoms with van der Waals surface area (Å²) in [5.74, 6) is -1.00. The third-order valence-corrected chi connectivity index (χ3v) is 4.39. The molecule has 0 aliphatic carbocycles. The molecule has 21 heavy (non-hydrogen) atoms. The summed E-state index contributed by atoms with van der Waals surface area (Å²) in [4.78, 5) is 28.3. The second kappa shape index (κ2) is 7.97. The van der Waals surface area contributed by atoms with Crippen LogP contribution in [0.4, 0.5) is 4.79 Å². The van der Waals surface area contributed by atoms with Crippen LogP contribution in [-0.4, -0.2) is 28.1 Å². The van der Waals surface area contributed by atoms with Gasteiger partial charge in [-0.3, -0.25) is 0 Å². The predicted octanol–water partition coefficient (Wildman–Crippen LogP) is 2.76. The summed E-state index contributed by atoms with van der Waals surface area (Å²) in [6, 6.07) is -1.50. The van der Waals surface area contributed by atoms with Gasteiger partial charge in [0, 0.05) is 4.88 Å². The SMILES string of the molecule is CCCC[C@H](NC(=O)NC(C)c1sc(C)nc1C)C(=O)O. The van der Waals surface area contributed by atoms with Gasteiger partial charge < -0.3 is 15.7 Å². The maximum absolute atomic E-state index is 11.9. The highest BCUT2D eigenvalue weighted by atomic mass is 32.1. The Bertz CT molecular complexity index is 502. The van der Waals surface area contributed by atoms with Gasteiger partial charge in [-0.05, 0) is 27.2 Å². The van der Waals surface area contributed by atoms with E-state index >= 15 is 0 Å². The van der Waals surface area contributed by atoms with Crippen LogP contribution in [0.25, 0.3) is 0 Å². The molecule has 0 aliphatic heterocycles. The Morgan fingerprint density at radius 1 is 1.33 bits per heavy atom. The predicted molar refractivity (Wildman–Crippen MR) is 82.6 cm³/mol. The lowest BCUT2D eigenvalue weighted by Crippen LogP contribution is -2.46. The van der Waals surface area contributed by atoms with Crippen molar-refractivity contribution in [2.24, 2.45) is 0 Å². The van der Waals surface area contributed by atoms with Crippen molar-refractivity contribution in [3.05, 3.63) is 15.6 Å². The fraction of sp³-hybridized carbons (Fsp3) is 0.643. The van der Waals surface area contributed by atoms with Gasteiger partial charge in [0.25, 0.3) is 0 Å². The number of hydrogen-bond donors (Lipinski definition) is 3. The molecule has 7 heteroatoms. The average molecular weight is 313 g/mol. The number of unbranched alkanes of at least 4 members (excludes halogenated alkanes) is 1. The second-order valence-electron chi connectivity index (χ2n) is 5.06. The van der Waals surface area contributed by atoms with E-state index in [0.29, 0.717) is 6.42 Å². The van der Waals surface area contributed by atoms with Crippen molar-refractivity contribution in [2.45, 2.75) is 59.0 Å². The first-order valence-corrected chi connectivity index (χ1v) is 7.90. The number of aromatic nitrogens is 1. The number of rotatable bonds is 7. The van der Waals surface area contributed by atoms with Crippen molar-refractivity contribution in [2.75, 3.05) is 0 Å². The Labute approximate surface area is 129 Å². The molecule has 0 saturated carbocycles. The van der Waals surface area contributed by atoms with E-state index in [2.05, 4.69) is 15.6 Å². The third-order valence-electron chi connectivity index (χ3n) is 3.13. The van der Waals surface area contributed by atoms with Crippen molar-refractivity contribution in [3.63, 3.8) is 0 Å². The Balaban J connectivity index is 2.59. The van der Waals surface area contributed by atoms with Crippen LogP contribution in [-0.2, 0) is 4.79 Å². The van der Waals surface area contributed by atoms with E-state index < -0.39 is 18.0 Å². The number of nitrogens with zero attached hydrogens (tertiary/aromatic N) is 1. The van der Waals surface area contributed by atoms with Gasteiger partial charge in [-0.25, -0.2) is 14.6 Å². The van der Waals surface area contributed by atoms with Crippen LogP contribution in [0.1, 0.15) is 54.7 Å². The number of aliphatic carboxylic acids is 1. The maximum Gasteiger partial charge on any atom is 0.326 e. The molecule has 2 amide bonds. The quantitative estimate of drug-likeness (QED) is 0.722. The van der Waals surface area contributed by atoms with E-state index in [1.54, 1.807) is 0 Å². The number of carboxylic acids is 1. The molecule has 0 spiro atoms. The molecular formula is C14H23N3O3S. The van der Waals surface area contributed by atoms with E-state index in [1.165, 1.54) is 11.3 Å². The summed E-state index contributed by atoms with van der Waals surface area (Å²) in [6.45, 7) is 7.66. The number of nitrogens with one attached hydrogen (secondary N) is 2. The summed E-state index contributed by atoms with van der Waals surface area (Å²) in [6.07, 6.45) is 2.09. The van der Waals surface area contributed by atoms with Crippen LogP contribution in [0.5, 0.6) is 0 Å². The van der Waals surface area contributed by atoms with Crippen LogP contribution in [0, 0.1) is 13.8 Å². The van der Waals surface area contributed by atoms with Gasteiger partial charge in [-0.1, -0.05) is 19.8 Å². The highest BCUT2D eigenvalue weighted by Gasteiger charge is 2.21. The molecular weight excluding hydrogens is 290 g/mol. The standard InChI is InChI=1S/C14H23N3O3S/c1-5-6-7-11(13(18)19)17-14(20)16-9(3)12-8(2)15-10(4)21-12/h9,11H,5-7H2,1-4H3,(H,18,19)(H2,16,17,20)/t9?,11-/m0/s1. The van der Waals surface area contributed by atoms with Crippen LogP contribution in [0.2, 0.25) is 0 Å². The molecule has 1 rings (SSSR count). The molecule has 0 bridgehead atoms. The molecule has 0 fully saturated rings. The molecule has 0 aromatic carbocycles. The average Bonchev–Trinajstić information content (AvgIpc) is 2.73. The fourth-order valence-electron chi connectivity index (χ4n) is 2.08. The zero-order valence-electron chi connectivity index (χ0n) is 12.9. The smallest absolute Gasteiger partial charge is 0.326 e. The van der Waals surface area contributed by atoms with Gasteiger partial charge in [0.1, 0.15) is 6.04 Å². The molecule has 0 radical (unpaired) electrons. The summed E-state index contributed by atoms with van der Waals surface area (Å²) >= 11 is 1.53. The first-order valence-electron chi connectivity index (χ1n) is 7.08. The van der Waals surface area contributed by atoms with Crippen molar-refractivity contribution < 1.29 is 14.7 Å². The monoisotopic (exact) mass is 313 g/mol. The molecule has 6 nitrogen and oxygen atoms in total. The molecule has 1 aromatic rings. The van der Waals surface area contributed by atoms with Crippen LogP contribution < -0.4 is 10.6 Å². The molecule has 1 unspecified atom stereocenters. The molecule has 1 heterocycles. The highest BCUT2D eigenvalue weighted by molar-refractivity contribution is 7.11. The lowest BCUT2D eigenvalue weighted by Gasteiger charge is -2.18. The van der Waals surface area contributed by atoms with Crippen molar-refractivity contribution in [3.8, 4) is 0 Å². The van der Waals surface area contributed by atoms with Gasteiger partial charge in [0.2, 0.25) is 0 Å². The minimum atomic E-state index is -1.00. The molecule has 0 saturated heterocycles. The minimum absolute atomic E-state index is 0.197.